The predicted molar refractivity (Wildman–Crippen MR) is 84.9 cm³/mol. The Morgan fingerprint density at radius 3 is 2.50 bits per heavy atom. The Balaban J connectivity index is 2.12. The van der Waals surface area contributed by atoms with Crippen molar-refractivity contribution in [2.45, 2.75) is 17.2 Å². The van der Waals surface area contributed by atoms with Crippen LogP contribution in [0.15, 0.2) is 16.3 Å². The minimum absolute atomic E-state index is 0.142. The Labute approximate surface area is 135 Å². The van der Waals surface area contributed by atoms with Crippen LogP contribution in [0.4, 0.5) is 0 Å². The molecule has 2 atom stereocenters. The molecule has 0 unspecified atom stereocenters. The van der Waals surface area contributed by atoms with E-state index in [9.17, 15) is 16.8 Å². The van der Waals surface area contributed by atoms with E-state index in [4.69, 9.17) is 4.74 Å². The van der Waals surface area contributed by atoms with Gasteiger partial charge < -0.3 is 4.74 Å². The Hall–Kier alpha value is -0.520. The number of rotatable bonds is 6. The number of nitrogens with zero attached hydrogens (tertiary/aromatic N) is 1. The summed E-state index contributed by atoms with van der Waals surface area (Å²) in [6.07, 6.45) is 0. The number of ether oxygens (including phenoxy) is 1. The van der Waals surface area contributed by atoms with Gasteiger partial charge in [-0.15, -0.1) is 11.3 Å². The highest BCUT2D eigenvalue weighted by molar-refractivity contribution is 7.91. The van der Waals surface area contributed by atoms with Crippen LogP contribution >= 0.6 is 11.3 Å². The molecule has 1 saturated heterocycles. The third-order valence-electron chi connectivity index (χ3n) is 3.47. The summed E-state index contributed by atoms with van der Waals surface area (Å²) in [7, 11) is -4.15. The molecule has 1 fully saturated rings. The van der Waals surface area contributed by atoms with Gasteiger partial charge in [0.05, 0.1) is 25.0 Å². The van der Waals surface area contributed by atoms with Crippen LogP contribution in [0.3, 0.4) is 0 Å². The summed E-state index contributed by atoms with van der Waals surface area (Å²) in [5.74, 6) is -0.542. The molecule has 1 aliphatic heterocycles. The van der Waals surface area contributed by atoms with Gasteiger partial charge in [0.15, 0.2) is 0 Å². The summed E-state index contributed by atoms with van der Waals surface area (Å²) in [5, 5.41) is 0. The van der Waals surface area contributed by atoms with Crippen LogP contribution in [0.2, 0.25) is 0 Å². The summed E-state index contributed by atoms with van der Waals surface area (Å²) in [4.78, 5) is 0.898. The van der Waals surface area contributed by atoms with Crippen LogP contribution in [-0.2, 0) is 24.8 Å². The van der Waals surface area contributed by atoms with Crippen molar-refractivity contribution >= 4 is 31.4 Å². The second kappa shape index (κ2) is 6.54. The minimum Gasteiger partial charge on any atom is -0.379 e. The minimum atomic E-state index is -3.65. The van der Waals surface area contributed by atoms with E-state index in [1.807, 2.05) is 6.92 Å². The van der Waals surface area contributed by atoms with E-state index in [1.165, 1.54) is 25.4 Å². The van der Waals surface area contributed by atoms with Crippen LogP contribution in [0.5, 0.6) is 0 Å². The van der Waals surface area contributed by atoms with Gasteiger partial charge in [-0.25, -0.2) is 25.9 Å². The van der Waals surface area contributed by atoms with E-state index >= 15 is 0 Å². The van der Waals surface area contributed by atoms with Crippen molar-refractivity contribution in [2.24, 2.45) is 5.92 Å². The highest BCUT2D eigenvalue weighted by Gasteiger charge is 2.36. The lowest BCUT2D eigenvalue weighted by molar-refractivity contribution is 0.185. The SMILES string of the molecule is Cc1ccc(S(=O)(=O)N[C@@H]2COC[C@H]2CS(=O)(=O)N(C)C)s1. The van der Waals surface area contributed by atoms with E-state index < -0.39 is 32.0 Å². The molecular formula is C12H20N2O5S3. The molecule has 1 aliphatic rings. The molecular weight excluding hydrogens is 348 g/mol. The van der Waals surface area contributed by atoms with Crippen molar-refractivity contribution < 1.29 is 21.6 Å². The highest BCUT2D eigenvalue weighted by Crippen LogP contribution is 2.23. The van der Waals surface area contributed by atoms with E-state index in [0.29, 0.717) is 0 Å². The molecule has 0 saturated carbocycles. The van der Waals surface area contributed by atoms with Gasteiger partial charge in [-0.05, 0) is 19.1 Å². The average Bonchev–Trinajstić information content (AvgIpc) is 2.99. The summed E-state index contributed by atoms with van der Waals surface area (Å²) in [6, 6.07) is 2.74. The van der Waals surface area contributed by atoms with Crippen LogP contribution < -0.4 is 4.72 Å². The van der Waals surface area contributed by atoms with Crippen LogP contribution in [0.25, 0.3) is 0 Å². The normalized spacial score (nSPS) is 23.3. The highest BCUT2D eigenvalue weighted by atomic mass is 32.2. The monoisotopic (exact) mass is 368 g/mol. The number of hydrogen-bond acceptors (Lipinski definition) is 6. The van der Waals surface area contributed by atoms with Crippen molar-refractivity contribution in [1.82, 2.24) is 9.03 Å². The predicted octanol–water partition coefficient (Wildman–Crippen LogP) is 0.241. The van der Waals surface area contributed by atoms with E-state index in [2.05, 4.69) is 4.72 Å². The van der Waals surface area contributed by atoms with Crippen molar-refractivity contribution in [2.75, 3.05) is 33.1 Å². The van der Waals surface area contributed by atoms with Gasteiger partial charge in [-0.3, -0.25) is 0 Å². The Bertz CT molecular complexity index is 724. The van der Waals surface area contributed by atoms with Crippen molar-refractivity contribution in [3.8, 4) is 0 Å². The number of thiophene rings is 1. The molecule has 126 valence electrons. The molecule has 0 aromatic carbocycles. The summed E-state index contributed by atoms with van der Waals surface area (Å²) >= 11 is 1.18. The third kappa shape index (κ3) is 4.06. The molecule has 0 spiro atoms. The van der Waals surface area contributed by atoms with Crippen LogP contribution in [0.1, 0.15) is 4.88 Å². The Morgan fingerprint density at radius 1 is 1.27 bits per heavy atom. The molecule has 7 nitrogen and oxygen atoms in total. The molecule has 0 bridgehead atoms. The smallest absolute Gasteiger partial charge is 0.250 e. The second-order valence-electron chi connectivity index (χ2n) is 5.45. The molecule has 10 heteroatoms. The lowest BCUT2D eigenvalue weighted by Gasteiger charge is -2.20. The lowest BCUT2D eigenvalue weighted by Crippen LogP contribution is -2.43. The summed E-state index contributed by atoms with van der Waals surface area (Å²) in [6.45, 7) is 2.23. The number of hydrogen-bond donors (Lipinski definition) is 1. The Morgan fingerprint density at radius 2 is 1.95 bits per heavy atom. The van der Waals surface area contributed by atoms with Gasteiger partial charge in [0.1, 0.15) is 4.21 Å². The van der Waals surface area contributed by atoms with Crippen LogP contribution in [0, 0.1) is 12.8 Å². The molecule has 2 heterocycles. The van der Waals surface area contributed by atoms with E-state index in [0.717, 1.165) is 9.18 Å². The molecule has 1 aromatic rings. The molecule has 1 N–H and O–H groups in total. The zero-order valence-electron chi connectivity index (χ0n) is 12.6. The molecule has 0 aliphatic carbocycles. The zero-order valence-corrected chi connectivity index (χ0v) is 15.1. The second-order valence-corrected chi connectivity index (χ2v) is 10.9. The fourth-order valence-corrected chi connectivity index (χ4v) is 5.88. The maximum absolute atomic E-state index is 12.3. The van der Waals surface area contributed by atoms with Gasteiger partial charge in [0, 0.05) is 24.9 Å². The van der Waals surface area contributed by atoms with E-state index in [-0.39, 0.29) is 23.2 Å². The first-order valence-electron chi connectivity index (χ1n) is 6.68. The fraction of sp³-hybridized carbons (Fsp3) is 0.667. The third-order valence-corrected chi connectivity index (χ3v) is 8.41. The molecule has 1 aromatic heterocycles. The molecule has 0 radical (unpaired) electrons. The summed E-state index contributed by atoms with van der Waals surface area (Å²) < 4.78 is 57.8. The zero-order chi connectivity index (χ0) is 16.5. The fourth-order valence-electron chi connectivity index (χ4n) is 2.13. The first-order chi connectivity index (χ1) is 10.1. The topological polar surface area (TPSA) is 92.8 Å². The van der Waals surface area contributed by atoms with Gasteiger partial charge in [0.2, 0.25) is 20.0 Å². The van der Waals surface area contributed by atoms with Crippen LogP contribution in [-0.4, -0.2) is 60.2 Å². The molecule has 0 amide bonds. The van der Waals surface area contributed by atoms with Gasteiger partial charge in [-0.2, -0.15) is 0 Å². The van der Waals surface area contributed by atoms with Gasteiger partial charge >= 0.3 is 0 Å². The number of aryl methyl sites for hydroxylation is 1. The van der Waals surface area contributed by atoms with Crippen molar-refractivity contribution in [1.29, 1.82) is 0 Å². The number of sulfonamides is 2. The van der Waals surface area contributed by atoms with Gasteiger partial charge in [0.25, 0.3) is 0 Å². The quantitative estimate of drug-likeness (QED) is 0.776. The maximum atomic E-state index is 12.3. The largest absolute Gasteiger partial charge is 0.379 e. The summed E-state index contributed by atoms with van der Waals surface area (Å²) in [5.41, 5.74) is 0. The molecule has 2 rings (SSSR count). The van der Waals surface area contributed by atoms with Crippen molar-refractivity contribution in [3.05, 3.63) is 17.0 Å². The standard InChI is InChI=1S/C12H20N2O5S3/c1-9-4-5-12(20-9)22(17,18)13-11-7-19-6-10(11)8-21(15,16)14(2)3/h4-5,10-11,13H,6-8H2,1-3H3/t10-,11+/m0/s1. The lowest BCUT2D eigenvalue weighted by atomic mass is 10.1. The average molecular weight is 369 g/mol. The Kier molecular flexibility index (Phi) is 5.30. The first-order valence-corrected chi connectivity index (χ1v) is 10.6. The first kappa shape index (κ1) is 17.8. The van der Waals surface area contributed by atoms with Gasteiger partial charge in [-0.1, -0.05) is 0 Å². The number of nitrogens with one attached hydrogen (secondary N) is 1. The molecule has 22 heavy (non-hydrogen) atoms. The van der Waals surface area contributed by atoms with Crippen molar-refractivity contribution in [3.63, 3.8) is 0 Å². The van der Waals surface area contributed by atoms with E-state index in [1.54, 1.807) is 12.1 Å². The maximum Gasteiger partial charge on any atom is 0.250 e.